The van der Waals surface area contributed by atoms with E-state index >= 15 is 0 Å². The summed E-state index contributed by atoms with van der Waals surface area (Å²) in [5.41, 5.74) is 1.26. The lowest BCUT2D eigenvalue weighted by molar-refractivity contribution is -0.136. The number of hydrogen-bond acceptors (Lipinski definition) is 6. The van der Waals surface area contributed by atoms with Gasteiger partial charge < -0.3 is 20.3 Å². The lowest BCUT2D eigenvalue weighted by Gasteiger charge is -2.09. The second-order valence-corrected chi connectivity index (χ2v) is 5.93. The number of thiazole rings is 1. The SMILES string of the molecule is CCOc1cc(CNC(=O)Cc2nc(CC(=O)O)cs2)ccc1O. The zero-order valence-electron chi connectivity index (χ0n) is 13.1. The summed E-state index contributed by atoms with van der Waals surface area (Å²) in [6.45, 7) is 2.55. The average molecular weight is 350 g/mol. The van der Waals surface area contributed by atoms with Crippen molar-refractivity contribution < 1.29 is 24.5 Å². The maximum atomic E-state index is 12.0. The Bertz CT molecular complexity index is 729. The maximum absolute atomic E-state index is 12.0. The minimum absolute atomic E-state index is 0.0562. The number of ether oxygens (including phenoxy) is 1. The number of aliphatic carboxylic acids is 1. The van der Waals surface area contributed by atoms with Crippen molar-refractivity contribution in [1.82, 2.24) is 10.3 Å². The number of amides is 1. The number of carboxylic acid groups (broad SMARTS) is 1. The van der Waals surface area contributed by atoms with Gasteiger partial charge >= 0.3 is 5.97 Å². The number of phenols is 1. The van der Waals surface area contributed by atoms with Gasteiger partial charge in [-0.15, -0.1) is 11.3 Å². The van der Waals surface area contributed by atoms with Crippen LogP contribution in [0.15, 0.2) is 23.6 Å². The monoisotopic (exact) mass is 350 g/mol. The summed E-state index contributed by atoms with van der Waals surface area (Å²) in [7, 11) is 0. The van der Waals surface area contributed by atoms with Gasteiger partial charge in [0.15, 0.2) is 11.5 Å². The molecule has 0 aliphatic rings. The topological polar surface area (TPSA) is 109 Å². The average Bonchev–Trinajstić information content (AvgIpc) is 2.94. The summed E-state index contributed by atoms with van der Waals surface area (Å²) in [6.07, 6.45) is -0.0491. The van der Waals surface area contributed by atoms with Gasteiger partial charge in [0.25, 0.3) is 0 Å². The van der Waals surface area contributed by atoms with Crippen molar-refractivity contribution in [3.8, 4) is 11.5 Å². The maximum Gasteiger partial charge on any atom is 0.309 e. The summed E-state index contributed by atoms with van der Waals surface area (Å²) >= 11 is 1.26. The highest BCUT2D eigenvalue weighted by Crippen LogP contribution is 2.26. The molecule has 2 rings (SSSR count). The molecule has 0 saturated carbocycles. The van der Waals surface area contributed by atoms with Crippen LogP contribution in [0.25, 0.3) is 0 Å². The number of nitrogens with zero attached hydrogens (tertiary/aromatic N) is 1. The number of phenolic OH excluding ortho intramolecular Hbond substituents is 1. The lowest BCUT2D eigenvalue weighted by Crippen LogP contribution is -2.24. The Morgan fingerprint density at radius 3 is 2.83 bits per heavy atom. The van der Waals surface area contributed by atoms with E-state index in [9.17, 15) is 14.7 Å². The molecule has 24 heavy (non-hydrogen) atoms. The molecule has 128 valence electrons. The molecule has 1 amide bonds. The van der Waals surface area contributed by atoms with Crippen molar-refractivity contribution in [3.05, 3.63) is 39.8 Å². The summed E-state index contributed by atoms with van der Waals surface area (Å²) in [5.74, 6) is -0.728. The fourth-order valence-corrected chi connectivity index (χ4v) is 2.80. The molecule has 0 aliphatic carbocycles. The second-order valence-electron chi connectivity index (χ2n) is 4.99. The first-order chi connectivity index (χ1) is 11.5. The highest BCUT2D eigenvalue weighted by molar-refractivity contribution is 7.09. The van der Waals surface area contributed by atoms with E-state index in [1.807, 2.05) is 6.92 Å². The van der Waals surface area contributed by atoms with Crippen molar-refractivity contribution in [3.63, 3.8) is 0 Å². The third-order valence-electron chi connectivity index (χ3n) is 3.06. The number of aromatic nitrogens is 1. The van der Waals surface area contributed by atoms with Crippen LogP contribution < -0.4 is 10.1 Å². The van der Waals surface area contributed by atoms with Gasteiger partial charge in [-0.1, -0.05) is 6.07 Å². The smallest absolute Gasteiger partial charge is 0.309 e. The number of carboxylic acids is 1. The Morgan fingerprint density at radius 2 is 2.12 bits per heavy atom. The van der Waals surface area contributed by atoms with Crippen molar-refractivity contribution in [2.75, 3.05) is 6.61 Å². The molecule has 0 spiro atoms. The van der Waals surface area contributed by atoms with Crippen LogP contribution >= 0.6 is 11.3 Å². The number of benzene rings is 1. The Kier molecular flexibility index (Phi) is 6.14. The van der Waals surface area contributed by atoms with Gasteiger partial charge in [-0.3, -0.25) is 9.59 Å². The largest absolute Gasteiger partial charge is 0.504 e. The van der Waals surface area contributed by atoms with Crippen LogP contribution in [0.1, 0.15) is 23.2 Å². The van der Waals surface area contributed by atoms with E-state index in [0.717, 1.165) is 5.56 Å². The number of hydrogen-bond donors (Lipinski definition) is 3. The Morgan fingerprint density at radius 1 is 1.33 bits per heavy atom. The molecule has 0 bridgehead atoms. The molecule has 3 N–H and O–H groups in total. The zero-order valence-corrected chi connectivity index (χ0v) is 13.9. The minimum Gasteiger partial charge on any atom is -0.504 e. The van der Waals surface area contributed by atoms with Crippen LogP contribution in [0.2, 0.25) is 0 Å². The van der Waals surface area contributed by atoms with Crippen LogP contribution in [-0.4, -0.2) is 33.7 Å². The van der Waals surface area contributed by atoms with Crippen molar-refractivity contribution >= 4 is 23.2 Å². The van der Waals surface area contributed by atoms with E-state index in [2.05, 4.69) is 10.3 Å². The van der Waals surface area contributed by atoms with Crippen LogP contribution in [0, 0.1) is 0 Å². The molecule has 0 atom stereocenters. The van der Waals surface area contributed by atoms with Crippen molar-refractivity contribution in [2.24, 2.45) is 0 Å². The molecular weight excluding hydrogens is 332 g/mol. The van der Waals surface area contributed by atoms with Crippen molar-refractivity contribution in [1.29, 1.82) is 0 Å². The van der Waals surface area contributed by atoms with E-state index in [-0.39, 0.29) is 24.5 Å². The molecule has 0 aliphatic heterocycles. The number of carbonyl (C=O) groups excluding carboxylic acids is 1. The Balaban J connectivity index is 1.88. The van der Waals surface area contributed by atoms with Gasteiger partial charge in [0.2, 0.25) is 5.91 Å². The highest BCUT2D eigenvalue weighted by atomic mass is 32.1. The molecule has 1 aromatic carbocycles. The number of nitrogens with one attached hydrogen (secondary N) is 1. The van der Waals surface area contributed by atoms with Crippen LogP contribution in [0.3, 0.4) is 0 Å². The van der Waals surface area contributed by atoms with Crippen LogP contribution in [0.5, 0.6) is 11.5 Å². The molecule has 1 aromatic heterocycles. The molecule has 0 fully saturated rings. The summed E-state index contributed by atoms with van der Waals surface area (Å²) < 4.78 is 5.30. The van der Waals surface area contributed by atoms with Crippen LogP contribution in [-0.2, 0) is 29.0 Å². The summed E-state index contributed by atoms with van der Waals surface area (Å²) in [5, 5.41) is 23.3. The summed E-state index contributed by atoms with van der Waals surface area (Å²) in [4.78, 5) is 26.7. The lowest BCUT2D eigenvalue weighted by atomic mass is 10.2. The fraction of sp³-hybridized carbons (Fsp3) is 0.312. The standard InChI is InChI=1S/C16H18N2O5S/c1-2-23-13-5-10(3-4-12(13)19)8-17-14(20)7-15-18-11(9-24-15)6-16(21)22/h3-5,9,19H,2,6-8H2,1H3,(H,17,20)(H,21,22). The zero-order chi connectivity index (χ0) is 17.5. The first-order valence-electron chi connectivity index (χ1n) is 7.34. The molecule has 7 nitrogen and oxygen atoms in total. The third kappa shape index (κ3) is 5.24. The molecule has 2 aromatic rings. The van der Waals surface area contributed by atoms with Gasteiger partial charge in [0, 0.05) is 11.9 Å². The highest BCUT2D eigenvalue weighted by Gasteiger charge is 2.10. The normalized spacial score (nSPS) is 10.4. The van der Waals surface area contributed by atoms with E-state index in [0.29, 0.717) is 29.6 Å². The van der Waals surface area contributed by atoms with E-state index in [4.69, 9.17) is 9.84 Å². The molecule has 1 heterocycles. The Hall–Kier alpha value is -2.61. The second kappa shape index (κ2) is 8.30. The van der Waals surface area contributed by atoms with E-state index in [1.165, 1.54) is 17.4 Å². The molecule has 8 heteroatoms. The minimum atomic E-state index is -0.950. The molecule has 0 radical (unpaired) electrons. The molecule has 0 unspecified atom stereocenters. The molecular formula is C16H18N2O5S. The van der Waals surface area contributed by atoms with Gasteiger partial charge in [-0.05, 0) is 24.6 Å². The van der Waals surface area contributed by atoms with Crippen LogP contribution in [0.4, 0.5) is 0 Å². The number of aromatic hydroxyl groups is 1. The first-order valence-corrected chi connectivity index (χ1v) is 8.22. The van der Waals surface area contributed by atoms with E-state index in [1.54, 1.807) is 17.5 Å². The number of carbonyl (C=O) groups is 2. The third-order valence-corrected chi connectivity index (χ3v) is 3.95. The Labute approximate surface area is 142 Å². The van der Waals surface area contributed by atoms with Gasteiger partial charge in [-0.25, -0.2) is 4.98 Å². The van der Waals surface area contributed by atoms with Gasteiger partial charge in [0.05, 0.1) is 25.1 Å². The van der Waals surface area contributed by atoms with Crippen molar-refractivity contribution in [2.45, 2.75) is 26.3 Å². The number of rotatable bonds is 8. The van der Waals surface area contributed by atoms with Gasteiger partial charge in [0.1, 0.15) is 5.01 Å². The predicted molar refractivity (Wildman–Crippen MR) is 88.3 cm³/mol. The predicted octanol–water partition coefficient (Wildman–Crippen LogP) is 1.73. The fourth-order valence-electron chi connectivity index (χ4n) is 2.01. The summed E-state index contributed by atoms with van der Waals surface area (Å²) in [6, 6.07) is 4.89. The molecule has 0 saturated heterocycles. The first kappa shape index (κ1) is 17.7. The quantitative estimate of drug-likeness (QED) is 0.669. The van der Waals surface area contributed by atoms with E-state index < -0.39 is 5.97 Å². The van der Waals surface area contributed by atoms with Gasteiger partial charge in [-0.2, -0.15) is 0 Å².